The molecule has 2 aromatic carbocycles. The lowest BCUT2D eigenvalue weighted by Gasteiger charge is -2.10. The first-order valence-electron chi connectivity index (χ1n) is 7.47. The fourth-order valence-corrected chi connectivity index (χ4v) is 2.73. The quantitative estimate of drug-likeness (QED) is 0.588. The molecular formula is C17H20N2O4S. The molecule has 0 atom stereocenters. The molecule has 0 saturated carbocycles. The lowest BCUT2D eigenvalue weighted by Crippen LogP contribution is -2.18. The maximum Gasteiger partial charge on any atom is 0.276 e. The van der Waals surface area contributed by atoms with Gasteiger partial charge in [0.25, 0.3) is 10.0 Å². The monoisotopic (exact) mass is 348 g/mol. The number of nitrogens with one attached hydrogen (secondary N) is 1. The molecule has 0 spiro atoms. The van der Waals surface area contributed by atoms with Crippen molar-refractivity contribution in [3.05, 3.63) is 54.1 Å². The van der Waals surface area contributed by atoms with E-state index in [9.17, 15) is 8.42 Å². The van der Waals surface area contributed by atoms with Crippen LogP contribution in [0.1, 0.15) is 18.9 Å². The molecule has 0 aliphatic heterocycles. The van der Waals surface area contributed by atoms with Gasteiger partial charge in [-0.2, -0.15) is 13.5 Å². The van der Waals surface area contributed by atoms with E-state index >= 15 is 0 Å². The molecule has 0 fully saturated rings. The molecule has 128 valence electrons. The van der Waals surface area contributed by atoms with Gasteiger partial charge < -0.3 is 9.47 Å². The molecule has 7 heteroatoms. The summed E-state index contributed by atoms with van der Waals surface area (Å²) in [7, 11) is -2.12. The second kappa shape index (κ2) is 8.35. The van der Waals surface area contributed by atoms with Gasteiger partial charge in [0.05, 0.1) is 24.8 Å². The van der Waals surface area contributed by atoms with Crippen molar-refractivity contribution in [2.75, 3.05) is 13.7 Å². The van der Waals surface area contributed by atoms with Gasteiger partial charge in [0.1, 0.15) is 0 Å². The van der Waals surface area contributed by atoms with Gasteiger partial charge in [0.15, 0.2) is 11.5 Å². The predicted molar refractivity (Wildman–Crippen MR) is 93.1 cm³/mol. The third-order valence-corrected chi connectivity index (χ3v) is 4.33. The van der Waals surface area contributed by atoms with Crippen LogP contribution in [0.2, 0.25) is 0 Å². The molecule has 0 amide bonds. The number of ether oxygens (including phenoxy) is 2. The molecule has 2 aromatic rings. The Labute approximate surface area is 142 Å². The maximum absolute atomic E-state index is 12.0. The maximum atomic E-state index is 12.0. The molecule has 0 heterocycles. The summed E-state index contributed by atoms with van der Waals surface area (Å²) in [6, 6.07) is 13.3. The zero-order valence-corrected chi connectivity index (χ0v) is 14.4. The van der Waals surface area contributed by atoms with Crippen LogP contribution in [-0.4, -0.2) is 28.3 Å². The largest absolute Gasteiger partial charge is 0.493 e. The van der Waals surface area contributed by atoms with Crippen molar-refractivity contribution < 1.29 is 17.9 Å². The van der Waals surface area contributed by atoms with E-state index in [-0.39, 0.29) is 4.90 Å². The average Bonchev–Trinajstić information content (AvgIpc) is 2.61. The van der Waals surface area contributed by atoms with Crippen molar-refractivity contribution in [2.24, 2.45) is 5.10 Å². The van der Waals surface area contributed by atoms with Crippen LogP contribution < -0.4 is 14.3 Å². The summed E-state index contributed by atoms with van der Waals surface area (Å²) in [6.45, 7) is 2.62. The summed E-state index contributed by atoms with van der Waals surface area (Å²) in [5.74, 6) is 1.21. The van der Waals surface area contributed by atoms with Crippen LogP contribution in [0.3, 0.4) is 0 Å². The van der Waals surface area contributed by atoms with E-state index in [2.05, 4.69) is 9.93 Å². The third-order valence-electron chi connectivity index (χ3n) is 3.09. The SMILES string of the molecule is CCCOc1ccc(/C=N/NS(=O)(=O)c2ccccc2)cc1OC. The molecule has 0 aliphatic rings. The number of hydrogen-bond donors (Lipinski definition) is 1. The third kappa shape index (κ3) is 4.73. The number of sulfonamides is 1. The molecule has 0 saturated heterocycles. The number of benzene rings is 2. The van der Waals surface area contributed by atoms with E-state index in [4.69, 9.17) is 9.47 Å². The van der Waals surface area contributed by atoms with Gasteiger partial charge in [-0.15, -0.1) is 0 Å². The molecule has 6 nitrogen and oxygen atoms in total. The Balaban J connectivity index is 2.09. The van der Waals surface area contributed by atoms with Crippen LogP contribution in [0.5, 0.6) is 11.5 Å². The zero-order chi connectivity index (χ0) is 17.4. The van der Waals surface area contributed by atoms with Crippen LogP contribution in [0.25, 0.3) is 0 Å². The molecule has 0 radical (unpaired) electrons. The summed E-state index contributed by atoms with van der Waals surface area (Å²) in [5.41, 5.74) is 0.687. The summed E-state index contributed by atoms with van der Waals surface area (Å²) in [6.07, 6.45) is 2.31. The summed E-state index contributed by atoms with van der Waals surface area (Å²) >= 11 is 0. The van der Waals surface area contributed by atoms with Gasteiger partial charge in [-0.05, 0) is 42.3 Å². The summed E-state index contributed by atoms with van der Waals surface area (Å²) in [4.78, 5) is 2.34. The summed E-state index contributed by atoms with van der Waals surface area (Å²) < 4.78 is 34.9. The van der Waals surface area contributed by atoms with E-state index in [1.165, 1.54) is 18.3 Å². The Morgan fingerprint density at radius 3 is 2.54 bits per heavy atom. The van der Waals surface area contributed by atoms with E-state index in [0.717, 1.165) is 6.42 Å². The topological polar surface area (TPSA) is 77.0 Å². The molecule has 2 rings (SSSR count). The molecule has 0 aliphatic carbocycles. The molecule has 0 aromatic heterocycles. The highest BCUT2D eigenvalue weighted by Crippen LogP contribution is 2.27. The average molecular weight is 348 g/mol. The Kier molecular flexibility index (Phi) is 6.20. The first-order chi connectivity index (χ1) is 11.6. The van der Waals surface area contributed by atoms with Crippen LogP contribution in [-0.2, 0) is 10.0 Å². The number of nitrogens with zero attached hydrogens (tertiary/aromatic N) is 1. The Morgan fingerprint density at radius 2 is 1.88 bits per heavy atom. The first kappa shape index (κ1) is 17.8. The van der Waals surface area contributed by atoms with Crippen molar-refractivity contribution in [1.29, 1.82) is 0 Å². The smallest absolute Gasteiger partial charge is 0.276 e. The minimum atomic E-state index is -3.67. The molecular weight excluding hydrogens is 328 g/mol. The van der Waals surface area contributed by atoms with Gasteiger partial charge in [0.2, 0.25) is 0 Å². The Hall–Kier alpha value is -2.54. The van der Waals surface area contributed by atoms with Crippen molar-refractivity contribution >= 4 is 16.2 Å². The van der Waals surface area contributed by atoms with Gasteiger partial charge in [-0.25, -0.2) is 4.83 Å². The van der Waals surface area contributed by atoms with Crippen LogP contribution in [0.15, 0.2) is 58.5 Å². The fourth-order valence-electron chi connectivity index (χ4n) is 1.92. The van der Waals surface area contributed by atoms with E-state index < -0.39 is 10.0 Å². The second-order valence-electron chi connectivity index (χ2n) is 4.92. The highest BCUT2D eigenvalue weighted by Gasteiger charge is 2.11. The summed E-state index contributed by atoms with van der Waals surface area (Å²) in [5, 5.41) is 3.80. The standard InChI is InChI=1S/C17H20N2O4S/c1-3-11-23-16-10-9-14(12-17(16)22-2)13-18-19-24(20,21)15-7-5-4-6-8-15/h4-10,12-13,19H,3,11H2,1-2H3/b18-13+. The number of hydrogen-bond acceptors (Lipinski definition) is 5. The van der Waals surface area contributed by atoms with Crippen molar-refractivity contribution in [1.82, 2.24) is 4.83 Å². The van der Waals surface area contributed by atoms with Crippen molar-refractivity contribution in [3.63, 3.8) is 0 Å². The minimum absolute atomic E-state index is 0.156. The molecule has 0 bridgehead atoms. The number of rotatable bonds is 8. The zero-order valence-electron chi connectivity index (χ0n) is 13.6. The lowest BCUT2D eigenvalue weighted by atomic mass is 10.2. The first-order valence-corrected chi connectivity index (χ1v) is 8.96. The molecule has 24 heavy (non-hydrogen) atoms. The van der Waals surface area contributed by atoms with E-state index in [0.29, 0.717) is 23.7 Å². The second-order valence-corrected chi connectivity index (χ2v) is 6.59. The number of hydrazone groups is 1. The predicted octanol–water partition coefficient (Wildman–Crippen LogP) is 2.80. The van der Waals surface area contributed by atoms with Crippen molar-refractivity contribution in [3.8, 4) is 11.5 Å². The van der Waals surface area contributed by atoms with Gasteiger partial charge in [0, 0.05) is 0 Å². The highest BCUT2D eigenvalue weighted by atomic mass is 32.2. The van der Waals surface area contributed by atoms with Crippen LogP contribution in [0, 0.1) is 0 Å². The van der Waals surface area contributed by atoms with Gasteiger partial charge >= 0.3 is 0 Å². The molecule has 1 N–H and O–H groups in total. The molecule has 0 unspecified atom stereocenters. The van der Waals surface area contributed by atoms with Crippen molar-refractivity contribution in [2.45, 2.75) is 18.2 Å². The van der Waals surface area contributed by atoms with E-state index in [1.54, 1.807) is 43.5 Å². The Bertz CT molecular complexity index is 789. The van der Waals surface area contributed by atoms with Crippen LogP contribution >= 0.6 is 0 Å². The highest BCUT2D eigenvalue weighted by molar-refractivity contribution is 7.89. The number of methoxy groups -OCH3 is 1. The van der Waals surface area contributed by atoms with E-state index in [1.807, 2.05) is 6.92 Å². The fraction of sp³-hybridized carbons (Fsp3) is 0.235. The van der Waals surface area contributed by atoms with Crippen LogP contribution in [0.4, 0.5) is 0 Å². The minimum Gasteiger partial charge on any atom is -0.493 e. The normalized spacial score (nSPS) is 11.4. The van der Waals surface area contributed by atoms with Gasteiger partial charge in [-0.1, -0.05) is 25.1 Å². The Morgan fingerprint density at radius 1 is 1.12 bits per heavy atom. The van der Waals surface area contributed by atoms with Gasteiger partial charge in [-0.3, -0.25) is 0 Å². The lowest BCUT2D eigenvalue weighted by molar-refractivity contribution is 0.294.